The Bertz CT molecular complexity index is 2560. The lowest BCUT2D eigenvalue weighted by molar-refractivity contribution is 0.954. The number of rotatable bonds is 5. The summed E-state index contributed by atoms with van der Waals surface area (Å²) in [6.45, 7) is 0. The van der Waals surface area contributed by atoms with Crippen LogP contribution >= 0.6 is 11.6 Å². The molecule has 5 nitrogen and oxygen atoms in total. The highest BCUT2D eigenvalue weighted by Crippen LogP contribution is 2.43. The first kappa shape index (κ1) is 27.3. The first-order valence-corrected chi connectivity index (χ1v) is 15.9. The summed E-state index contributed by atoms with van der Waals surface area (Å²) in [6.07, 6.45) is 0. The Morgan fingerprint density at radius 3 is 1.74 bits per heavy atom. The van der Waals surface area contributed by atoms with Gasteiger partial charge < -0.3 is 5.32 Å². The van der Waals surface area contributed by atoms with Crippen molar-refractivity contribution < 1.29 is 0 Å². The van der Waals surface area contributed by atoms with Crippen LogP contribution in [0, 0.1) is 0 Å². The number of para-hydroxylation sites is 1. The lowest BCUT2D eigenvalue weighted by Crippen LogP contribution is -2.06. The highest BCUT2D eigenvalue weighted by Gasteiger charge is 2.22. The molecule has 222 valence electrons. The molecular formula is C41H26ClN5. The molecule has 0 bridgehead atoms. The van der Waals surface area contributed by atoms with E-state index in [0.29, 0.717) is 22.6 Å². The van der Waals surface area contributed by atoms with Gasteiger partial charge in [-0.25, -0.2) is 4.98 Å². The van der Waals surface area contributed by atoms with Crippen LogP contribution in [0.1, 0.15) is 0 Å². The summed E-state index contributed by atoms with van der Waals surface area (Å²) in [5, 5.41) is 11.2. The molecule has 0 aliphatic heterocycles. The van der Waals surface area contributed by atoms with Crippen molar-refractivity contribution in [1.29, 1.82) is 0 Å². The number of nitrogens with one attached hydrogen (secondary N) is 1. The standard InChI is InChI=1S/C41H26ClN5/c42-32-21-11-12-22-33(32)43-34-25-36-38(31-20-10-9-19-30(31)34)37-29-18-8-7-13-26(29)23-24-35(37)47(36)41-45-39(27-14-3-1-4-15-27)44-40(46-41)28-16-5-2-6-17-28/h1-25,43H. The molecule has 0 saturated heterocycles. The van der Waals surface area contributed by atoms with Gasteiger partial charge in [-0.3, -0.25) is 4.57 Å². The van der Waals surface area contributed by atoms with Crippen LogP contribution in [0.3, 0.4) is 0 Å². The van der Waals surface area contributed by atoms with E-state index < -0.39 is 0 Å². The first-order chi connectivity index (χ1) is 23.2. The number of benzene rings is 7. The van der Waals surface area contributed by atoms with Crippen LogP contribution in [0.5, 0.6) is 0 Å². The number of hydrogen-bond acceptors (Lipinski definition) is 4. The molecule has 1 N–H and O–H groups in total. The van der Waals surface area contributed by atoms with Gasteiger partial charge in [0, 0.05) is 33.0 Å². The number of nitrogens with zero attached hydrogens (tertiary/aromatic N) is 4. The minimum Gasteiger partial charge on any atom is -0.354 e. The molecule has 9 rings (SSSR count). The van der Waals surface area contributed by atoms with Crippen molar-refractivity contribution in [2.45, 2.75) is 0 Å². The molecule has 47 heavy (non-hydrogen) atoms. The van der Waals surface area contributed by atoms with E-state index in [9.17, 15) is 0 Å². The van der Waals surface area contributed by atoms with Gasteiger partial charge in [0.05, 0.1) is 21.7 Å². The Morgan fingerprint density at radius 2 is 1.04 bits per heavy atom. The second-order valence-electron chi connectivity index (χ2n) is 11.5. The van der Waals surface area contributed by atoms with Crippen LogP contribution in [0.25, 0.3) is 72.1 Å². The molecule has 0 amide bonds. The third-order valence-electron chi connectivity index (χ3n) is 8.69. The van der Waals surface area contributed by atoms with Crippen molar-refractivity contribution in [3.8, 4) is 28.7 Å². The number of aromatic nitrogens is 4. The quantitative estimate of drug-likeness (QED) is 0.207. The summed E-state index contributed by atoms with van der Waals surface area (Å²) < 4.78 is 2.18. The van der Waals surface area contributed by atoms with Gasteiger partial charge in [0.2, 0.25) is 5.95 Å². The zero-order valence-electron chi connectivity index (χ0n) is 25.1. The van der Waals surface area contributed by atoms with Crippen LogP contribution in [-0.2, 0) is 0 Å². The molecule has 9 aromatic rings. The Hall–Kier alpha value is -6.04. The maximum Gasteiger partial charge on any atom is 0.238 e. The lowest BCUT2D eigenvalue weighted by atomic mass is 9.98. The SMILES string of the molecule is Clc1ccccc1Nc1cc2c(c3ccccc13)c1c3ccccc3ccc1n2-c1nc(-c2ccccc2)nc(-c2ccccc2)n1. The lowest BCUT2D eigenvalue weighted by Gasteiger charge is -2.14. The highest BCUT2D eigenvalue weighted by atomic mass is 35.5. The molecule has 0 fully saturated rings. The summed E-state index contributed by atoms with van der Waals surface area (Å²) in [7, 11) is 0. The summed E-state index contributed by atoms with van der Waals surface area (Å²) in [5.41, 5.74) is 5.62. The Kier molecular flexibility index (Phi) is 6.44. The van der Waals surface area contributed by atoms with Crippen molar-refractivity contribution in [3.63, 3.8) is 0 Å². The Morgan fingerprint density at radius 1 is 0.468 bits per heavy atom. The fraction of sp³-hybridized carbons (Fsp3) is 0. The maximum absolute atomic E-state index is 6.66. The Balaban J connectivity index is 1.43. The van der Waals surface area contributed by atoms with Crippen molar-refractivity contribution in [3.05, 3.63) is 157 Å². The van der Waals surface area contributed by atoms with Crippen molar-refractivity contribution in [2.75, 3.05) is 5.32 Å². The minimum absolute atomic E-state index is 0.548. The van der Waals surface area contributed by atoms with E-state index in [1.165, 1.54) is 10.8 Å². The summed E-state index contributed by atoms with van der Waals surface area (Å²) >= 11 is 6.66. The molecule has 0 spiro atoms. The van der Waals surface area contributed by atoms with Gasteiger partial charge >= 0.3 is 0 Å². The van der Waals surface area contributed by atoms with Crippen LogP contribution in [0.2, 0.25) is 5.02 Å². The molecule has 0 radical (unpaired) electrons. The van der Waals surface area contributed by atoms with Gasteiger partial charge in [0.1, 0.15) is 0 Å². The topological polar surface area (TPSA) is 55.6 Å². The van der Waals surface area contributed by atoms with Gasteiger partial charge in [0.15, 0.2) is 11.6 Å². The second kappa shape index (κ2) is 11.1. The predicted octanol–water partition coefficient (Wildman–Crippen LogP) is 11.0. The molecule has 0 aliphatic carbocycles. The molecular weight excluding hydrogens is 598 g/mol. The van der Waals surface area contributed by atoms with E-state index in [1.54, 1.807) is 0 Å². The average molecular weight is 624 g/mol. The number of anilines is 2. The predicted molar refractivity (Wildman–Crippen MR) is 195 cm³/mol. The molecule has 0 saturated carbocycles. The third-order valence-corrected chi connectivity index (χ3v) is 9.02. The smallest absolute Gasteiger partial charge is 0.238 e. The van der Waals surface area contributed by atoms with E-state index in [2.05, 4.69) is 76.6 Å². The van der Waals surface area contributed by atoms with Gasteiger partial charge in [0.25, 0.3) is 0 Å². The fourth-order valence-electron chi connectivity index (χ4n) is 6.56. The number of halogens is 1. The average Bonchev–Trinajstić information content (AvgIpc) is 3.48. The van der Waals surface area contributed by atoms with Crippen LogP contribution in [0.15, 0.2) is 152 Å². The van der Waals surface area contributed by atoms with Crippen molar-refractivity contribution in [1.82, 2.24) is 19.5 Å². The van der Waals surface area contributed by atoms with Crippen LogP contribution < -0.4 is 5.32 Å². The van der Waals surface area contributed by atoms with Crippen molar-refractivity contribution in [2.24, 2.45) is 0 Å². The fourth-order valence-corrected chi connectivity index (χ4v) is 6.75. The van der Waals surface area contributed by atoms with Gasteiger partial charge in [-0.05, 0) is 40.4 Å². The van der Waals surface area contributed by atoms with E-state index in [0.717, 1.165) is 55.1 Å². The molecule has 7 aromatic carbocycles. The monoisotopic (exact) mass is 623 g/mol. The first-order valence-electron chi connectivity index (χ1n) is 15.5. The van der Waals surface area contributed by atoms with E-state index in [1.807, 2.05) is 84.9 Å². The minimum atomic E-state index is 0.548. The number of fused-ring (bicyclic) bond motifs is 7. The largest absolute Gasteiger partial charge is 0.354 e. The summed E-state index contributed by atoms with van der Waals surface area (Å²) in [4.78, 5) is 15.3. The molecule has 2 heterocycles. The normalized spacial score (nSPS) is 11.5. The second-order valence-corrected chi connectivity index (χ2v) is 11.9. The van der Waals surface area contributed by atoms with Crippen LogP contribution in [0.4, 0.5) is 11.4 Å². The van der Waals surface area contributed by atoms with Crippen LogP contribution in [-0.4, -0.2) is 19.5 Å². The van der Waals surface area contributed by atoms with Gasteiger partial charge in [-0.15, -0.1) is 0 Å². The maximum atomic E-state index is 6.66. The van der Waals surface area contributed by atoms with E-state index in [4.69, 9.17) is 26.6 Å². The van der Waals surface area contributed by atoms with Crippen molar-refractivity contribution >= 4 is 66.3 Å². The summed E-state index contributed by atoms with van der Waals surface area (Å²) in [6, 6.07) is 51.6. The molecule has 2 aromatic heterocycles. The summed E-state index contributed by atoms with van der Waals surface area (Å²) in [5.74, 6) is 1.77. The van der Waals surface area contributed by atoms with Gasteiger partial charge in [-0.1, -0.05) is 139 Å². The molecule has 0 atom stereocenters. The zero-order chi connectivity index (χ0) is 31.3. The molecule has 6 heteroatoms. The molecule has 0 unspecified atom stereocenters. The third kappa shape index (κ3) is 4.59. The van der Waals surface area contributed by atoms with E-state index >= 15 is 0 Å². The van der Waals surface area contributed by atoms with Gasteiger partial charge in [-0.2, -0.15) is 9.97 Å². The Labute approximate surface area is 275 Å². The molecule has 0 aliphatic rings. The number of hydrogen-bond donors (Lipinski definition) is 1. The van der Waals surface area contributed by atoms with E-state index in [-0.39, 0.29) is 0 Å². The highest BCUT2D eigenvalue weighted by molar-refractivity contribution is 6.34. The zero-order valence-corrected chi connectivity index (χ0v) is 25.9.